The lowest BCUT2D eigenvalue weighted by molar-refractivity contribution is 0.0575. The third-order valence-electron chi connectivity index (χ3n) is 7.95. The van der Waals surface area contributed by atoms with Crippen molar-refractivity contribution in [3.8, 4) is 23.2 Å². The highest BCUT2D eigenvalue weighted by Gasteiger charge is 2.47. The summed E-state index contributed by atoms with van der Waals surface area (Å²) in [6.07, 6.45) is 1.10. The van der Waals surface area contributed by atoms with Gasteiger partial charge >= 0.3 is 6.09 Å². The predicted octanol–water partition coefficient (Wildman–Crippen LogP) is 7.25. The van der Waals surface area contributed by atoms with E-state index in [1.165, 1.54) is 7.11 Å². The second-order valence-electron chi connectivity index (χ2n) is 13.7. The minimum atomic E-state index is -2.14. The average molecular weight is 638 g/mol. The van der Waals surface area contributed by atoms with Crippen molar-refractivity contribution in [2.75, 3.05) is 30.5 Å². The van der Waals surface area contributed by atoms with Crippen LogP contribution in [-0.2, 0) is 14.6 Å². The van der Waals surface area contributed by atoms with Crippen molar-refractivity contribution in [1.82, 2.24) is 20.2 Å². The van der Waals surface area contributed by atoms with Gasteiger partial charge in [0.1, 0.15) is 17.4 Å². The zero-order valence-electron chi connectivity index (χ0n) is 27.0. The fourth-order valence-corrected chi connectivity index (χ4v) is 5.84. The number of aromatic nitrogens is 4. The summed E-state index contributed by atoms with van der Waals surface area (Å²) in [5, 5.41) is 21.3. The number of rotatable bonds is 7. The minimum absolute atomic E-state index is 0.00306. The molecule has 0 spiro atoms. The number of amides is 1. The molecule has 1 aliphatic rings. The van der Waals surface area contributed by atoms with Crippen molar-refractivity contribution in [3.63, 3.8) is 0 Å². The standard InChI is InChI=1S/C31H40ClN7O4Si/c1-29(2,3)43-28(40)39-17-31(7,18-42-44(9,10)30(4,5)6)21-14-19(13-20(16-33)25(21)39)22-11-12-34-27(35-22)36-23-15-24(32)37-38-26(23)41-8/h11-15H,17-18H2,1-10H3,(H,34,35,36,37). The molecule has 0 bridgehead atoms. The van der Waals surface area contributed by atoms with E-state index in [9.17, 15) is 10.1 Å². The lowest BCUT2D eigenvalue weighted by atomic mass is 9.83. The number of hydrogen-bond donors (Lipinski definition) is 1. The number of halogens is 1. The van der Waals surface area contributed by atoms with E-state index in [0.29, 0.717) is 41.3 Å². The van der Waals surface area contributed by atoms with E-state index in [1.807, 2.05) is 26.8 Å². The lowest BCUT2D eigenvalue weighted by Gasteiger charge is -2.39. The smallest absolute Gasteiger partial charge is 0.414 e. The number of nitrogens with zero attached hydrogens (tertiary/aromatic N) is 6. The molecule has 0 radical (unpaired) electrons. The van der Waals surface area contributed by atoms with Gasteiger partial charge in [0.15, 0.2) is 13.5 Å². The summed E-state index contributed by atoms with van der Waals surface area (Å²) in [4.78, 5) is 24.1. The van der Waals surface area contributed by atoms with Crippen LogP contribution in [-0.4, -0.2) is 60.4 Å². The third-order valence-corrected chi connectivity index (χ3v) is 12.6. The van der Waals surface area contributed by atoms with Crippen LogP contribution in [0, 0.1) is 11.3 Å². The summed E-state index contributed by atoms with van der Waals surface area (Å²) < 4.78 is 17.8. The molecule has 2 aromatic heterocycles. The molecule has 1 unspecified atom stereocenters. The Morgan fingerprint density at radius 3 is 2.50 bits per heavy atom. The van der Waals surface area contributed by atoms with Gasteiger partial charge in [-0.25, -0.2) is 14.8 Å². The van der Waals surface area contributed by atoms with Crippen molar-refractivity contribution in [3.05, 3.63) is 46.7 Å². The summed E-state index contributed by atoms with van der Waals surface area (Å²) in [6.45, 7) is 19.2. The predicted molar refractivity (Wildman–Crippen MR) is 173 cm³/mol. The molecule has 3 aromatic rings. The molecule has 11 nitrogen and oxygen atoms in total. The largest absolute Gasteiger partial charge is 0.478 e. The highest BCUT2D eigenvalue weighted by molar-refractivity contribution is 6.74. The number of fused-ring (bicyclic) bond motifs is 1. The van der Waals surface area contributed by atoms with Gasteiger partial charge in [-0.2, -0.15) is 5.26 Å². The Morgan fingerprint density at radius 2 is 1.89 bits per heavy atom. The summed E-state index contributed by atoms with van der Waals surface area (Å²) in [7, 11) is -0.669. The van der Waals surface area contributed by atoms with Gasteiger partial charge in [-0.3, -0.25) is 4.90 Å². The Kier molecular flexibility index (Phi) is 8.99. The lowest BCUT2D eigenvalue weighted by Crippen LogP contribution is -2.46. The van der Waals surface area contributed by atoms with Crippen LogP contribution in [0.2, 0.25) is 23.3 Å². The highest BCUT2D eigenvalue weighted by Crippen LogP contribution is 2.47. The van der Waals surface area contributed by atoms with Gasteiger partial charge in [-0.15, -0.1) is 10.2 Å². The number of nitrogens with one attached hydrogen (secondary N) is 1. The van der Waals surface area contributed by atoms with Crippen LogP contribution in [0.1, 0.15) is 59.6 Å². The molecule has 0 saturated carbocycles. The molecule has 1 N–H and O–H groups in total. The van der Waals surface area contributed by atoms with E-state index in [4.69, 9.17) is 30.5 Å². The SMILES string of the molecule is COc1nnc(Cl)cc1Nc1nccc(-c2cc(C#N)c3c(c2)C(C)(CO[Si](C)(C)C(C)(C)C)CN3C(=O)OC(C)(C)C)n1. The quantitative estimate of drug-likeness (QED) is 0.264. The third kappa shape index (κ3) is 6.95. The summed E-state index contributed by atoms with van der Waals surface area (Å²) in [5.74, 6) is 0.496. The van der Waals surface area contributed by atoms with E-state index in [-0.39, 0.29) is 22.0 Å². The Hall–Kier alpha value is -3.79. The Bertz CT molecular complexity index is 1610. The normalized spacial score (nSPS) is 16.7. The molecule has 1 atom stereocenters. The fraction of sp³-hybridized carbons (Fsp3) is 0.484. The first-order chi connectivity index (χ1) is 20.4. The van der Waals surface area contributed by atoms with Crippen molar-refractivity contribution < 1.29 is 18.7 Å². The van der Waals surface area contributed by atoms with Crippen molar-refractivity contribution in [1.29, 1.82) is 5.26 Å². The minimum Gasteiger partial charge on any atom is -0.478 e. The van der Waals surface area contributed by atoms with E-state index < -0.39 is 25.4 Å². The molecule has 1 aromatic carbocycles. The fourth-order valence-electron chi connectivity index (χ4n) is 4.58. The van der Waals surface area contributed by atoms with Gasteiger partial charge in [-0.1, -0.05) is 39.3 Å². The van der Waals surface area contributed by atoms with Gasteiger partial charge in [0.25, 0.3) is 5.88 Å². The first-order valence-electron chi connectivity index (χ1n) is 14.3. The monoisotopic (exact) mass is 637 g/mol. The first-order valence-corrected chi connectivity index (χ1v) is 17.6. The van der Waals surface area contributed by atoms with Gasteiger partial charge in [-0.05, 0) is 62.7 Å². The Balaban J connectivity index is 1.80. The Labute approximate surface area is 265 Å². The molecule has 0 fully saturated rings. The summed E-state index contributed by atoms with van der Waals surface area (Å²) >= 11 is 6.04. The molecular formula is C31H40ClN7O4Si. The number of benzene rings is 1. The number of anilines is 3. The number of carbonyl (C=O) groups excluding carboxylic acids is 1. The molecule has 13 heteroatoms. The van der Waals surface area contributed by atoms with E-state index in [0.717, 1.165) is 5.56 Å². The van der Waals surface area contributed by atoms with Crippen LogP contribution in [0.15, 0.2) is 30.5 Å². The number of methoxy groups -OCH3 is 1. The van der Waals surface area contributed by atoms with Crippen LogP contribution in [0.3, 0.4) is 0 Å². The molecule has 234 valence electrons. The molecule has 0 saturated heterocycles. The van der Waals surface area contributed by atoms with Crippen LogP contribution in [0.5, 0.6) is 5.88 Å². The summed E-state index contributed by atoms with van der Waals surface area (Å²) in [6, 6.07) is 9.34. The van der Waals surface area contributed by atoms with Gasteiger partial charge in [0, 0.05) is 36.4 Å². The van der Waals surface area contributed by atoms with Crippen molar-refractivity contribution in [2.24, 2.45) is 0 Å². The number of carbonyl (C=O) groups is 1. The van der Waals surface area contributed by atoms with Crippen molar-refractivity contribution in [2.45, 2.75) is 77.6 Å². The van der Waals surface area contributed by atoms with Crippen molar-refractivity contribution >= 4 is 43.3 Å². The Morgan fingerprint density at radius 1 is 1.18 bits per heavy atom. The zero-order valence-corrected chi connectivity index (χ0v) is 28.8. The first kappa shape index (κ1) is 33.1. The zero-order chi connectivity index (χ0) is 32.7. The van der Waals surface area contributed by atoms with Crippen LogP contribution in [0.25, 0.3) is 11.3 Å². The maximum atomic E-state index is 13.5. The van der Waals surface area contributed by atoms with Crippen LogP contribution < -0.4 is 15.0 Å². The summed E-state index contributed by atoms with van der Waals surface area (Å²) in [5.41, 5.74) is 2.05. The molecule has 1 aliphatic heterocycles. The second-order valence-corrected chi connectivity index (χ2v) is 18.9. The molecule has 44 heavy (non-hydrogen) atoms. The topological polar surface area (TPSA) is 135 Å². The molecule has 0 aliphatic carbocycles. The van der Waals surface area contributed by atoms with Crippen LogP contribution >= 0.6 is 11.6 Å². The van der Waals surface area contributed by atoms with Gasteiger partial charge < -0.3 is 19.2 Å². The molecular weight excluding hydrogens is 598 g/mol. The average Bonchev–Trinajstić information content (AvgIpc) is 3.23. The number of ether oxygens (including phenoxy) is 2. The maximum Gasteiger partial charge on any atom is 0.414 e. The molecule has 4 rings (SSSR count). The van der Waals surface area contributed by atoms with Gasteiger partial charge in [0.05, 0.1) is 24.1 Å². The van der Waals surface area contributed by atoms with Crippen LogP contribution in [0.4, 0.5) is 22.1 Å². The molecule has 3 heterocycles. The van der Waals surface area contributed by atoms with E-state index >= 15 is 0 Å². The van der Waals surface area contributed by atoms with E-state index in [1.54, 1.807) is 29.3 Å². The maximum absolute atomic E-state index is 13.5. The number of nitriles is 1. The van der Waals surface area contributed by atoms with E-state index in [2.05, 4.69) is 67.4 Å². The van der Waals surface area contributed by atoms with Gasteiger partial charge in [0.2, 0.25) is 5.95 Å². The number of hydrogen-bond acceptors (Lipinski definition) is 10. The highest BCUT2D eigenvalue weighted by atomic mass is 35.5. The second kappa shape index (κ2) is 11.9. The molecule has 1 amide bonds.